The summed E-state index contributed by atoms with van der Waals surface area (Å²) in [6.45, 7) is 3.42. The number of aliphatic hydroxyl groups excluding tert-OH is 1. The van der Waals surface area contributed by atoms with Crippen molar-refractivity contribution in [3.05, 3.63) is 41.8 Å². The number of fused-ring (bicyclic) bond motifs is 1. The number of carbonyl (C=O) groups excluding carboxylic acids is 1. The number of carbonyl (C=O) groups is 1. The maximum Gasteiger partial charge on any atom is 0.221 e. The normalized spacial score (nSPS) is 11.7. The number of halogens is 1. The molecule has 27 heavy (non-hydrogen) atoms. The molecule has 1 aromatic carbocycles. The first kappa shape index (κ1) is 19.7. The number of hydrogen-bond acceptors (Lipinski definition) is 6. The van der Waals surface area contributed by atoms with E-state index in [1.165, 1.54) is 41.6 Å². The van der Waals surface area contributed by atoms with Crippen molar-refractivity contribution in [3.63, 3.8) is 0 Å². The number of aromatic nitrogens is 2. The van der Waals surface area contributed by atoms with Crippen molar-refractivity contribution >= 4 is 39.2 Å². The zero-order chi connectivity index (χ0) is 19.4. The van der Waals surface area contributed by atoms with Crippen molar-refractivity contribution < 1.29 is 14.3 Å². The maximum atomic E-state index is 13.2. The molecule has 3 aromatic rings. The summed E-state index contributed by atoms with van der Waals surface area (Å²) in [4.78, 5) is 21.6. The van der Waals surface area contributed by atoms with Gasteiger partial charge in [-0.3, -0.25) is 4.79 Å². The monoisotopic (exact) mass is 405 g/mol. The van der Waals surface area contributed by atoms with Crippen molar-refractivity contribution in [2.24, 2.45) is 0 Å². The van der Waals surface area contributed by atoms with E-state index in [1.807, 2.05) is 5.38 Å². The molecule has 0 aliphatic heterocycles. The van der Waals surface area contributed by atoms with E-state index < -0.39 is 5.54 Å². The lowest BCUT2D eigenvalue weighted by Gasteiger charge is -2.23. The Morgan fingerprint density at radius 3 is 2.74 bits per heavy atom. The van der Waals surface area contributed by atoms with E-state index in [9.17, 15) is 14.3 Å². The Morgan fingerprint density at radius 1 is 1.30 bits per heavy atom. The fourth-order valence-electron chi connectivity index (χ4n) is 2.52. The van der Waals surface area contributed by atoms with Crippen molar-refractivity contribution in [2.75, 3.05) is 12.4 Å². The number of aliphatic hydroxyl groups is 1. The van der Waals surface area contributed by atoms with E-state index in [0.29, 0.717) is 12.2 Å². The van der Waals surface area contributed by atoms with E-state index in [2.05, 4.69) is 15.3 Å². The van der Waals surface area contributed by atoms with Gasteiger partial charge in [0.25, 0.3) is 0 Å². The molecule has 0 fully saturated rings. The zero-order valence-electron chi connectivity index (χ0n) is 15.0. The van der Waals surface area contributed by atoms with Crippen molar-refractivity contribution in [3.8, 4) is 11.1 Å². The molecule has 0 aliphatic rings. The lowest BCUT2D eigenvalue weighted by atomic mass is 10.1. The molecule has 0 saturated carbocycles. The van der Waals surface area contributed by atoms with Crippen LogP contribution in [0.5, 0.6) is 0 Å². The first-order chi connectivity index (χ1) is 12.9. The molecule has 3 rings (SSSR count). The number of thioether (sulfide) groups is 1. The molecule has 0 saturated heterocycles. The Labute approximate surface area is 165 Å². The molecule has 0 spiro atoms. The smallest absolute Gasteiger partial charge is 0.221 e. The van der Waals surface area contributed by atoms with Crippen LogP contribution in [0, 0.1) is 5.82 Å². The zero-order valence-corrected chi connectivity index (χ0v) is 16.7. The lowest BCUT2D eigenvalue weighted by Crippen LogP contribution is -2.46. The minimum Gasteiger partial charge on any atom is -0.394 e. The number of nitrogens with one attached hydrogen (secondary N) is 1. The summed E-state index contributed by atoms with van der Waals surface area (Å²) in [6, 6.07) is 6.34. The summed E-state index contributed by atoms with van der Waals surface area (Å²) in [5, 5.41) is 15.8. The average molecular weight is 406 g/mol. The van der Waals surface area contributed by atoms with Crippen LogP contribution in [0.1, 0.15) is 20.3 Å². The highest BCUT2D eigenvalue weighted by molar-refractivity contribution is 7.99. The fraction of sp³-hybridized carbons (Fsp3) is 0.316. The molecular formula is C19H20FN3O2S2. The second-order valence-electron chi connectivity index (χ2n) is 6.70. The van der Waals surface area contributed by atoms with Gasteiger partial charge in [-0.2, -0.15) is 0 Å². The maximum absolute atomic E-state index is 13.2. The highest BCUT2D eigenvalue weighted by Gasteiger charge is 2.19. The van der Waals surface area contributed by atoms with Crippen LogP contribution in [0.15, 0.2) is 41.0 Å². The number of nitrogens with zero attached hydrogens (tertiary/aromatic N) is 2. The van der Waals surface area contributed by atoms with Crippen molar-refractivity contribution in [1.29, 1.82) is 0 Å². The van der Waals surface area contributed by atoms with E-state index in [-0.39, 0.29) is 18.3 Å². The standard InChI is InChI=1S/C19H20FN3O2S2/c1-19(2,10-24)23-15(25)7-8-26-17-16-14(9-27-18(16)22-11-21-17)12-3-5-13(20)6-4-12/h3-6,9,11,24H,7-8,10H2,1-2H3,(H,23,25). The number of rotatable bonds is 7. The predicted octanol–water partition coefficient (Wildman–Crippen LogP) is 3.87. The summed E-state index contributed by atoms with van der Waals surface area (Å²) in [6.07, 6.45) is 1.83. The molecule has 2 aromatic heterocycles. The van der Waals surface area contributed by atoms with Gasteiger partial charge in [0.2, 0.25) is 5.91 Å². The molecule has 0 unspecified atom stereocenters. The fourth-order valence-corrected chi connectivity index (χ4v) is 4.45. The highest BCUT2D eigenvalue weighted by Crippen LogP contribution is 2.37. The van der Waals surface area contributed by atoms with Crippen molar-refractivity contribution in [2.45, 2.75) is 30.8 Å². The quantitative estimate of drug-likeness (QED) is 0.461. The molecule has 1 amide bonds. The van der Waals surface area contributed by atoms with Crippen LogP contribution in [0.4, 0.5) is 4.39 Å². The number of hydrogen-bond donors (Lipinski definition) is 2. The van der Waals surface area contributed by atoms with Gasteiger partial charge in [-0.25, -0.2) is 14.4 Å². The van der Waals surface area contributed by atoms with Crippen LogP contribution >= 0.6 is 23.1 Å². The van der Waals surface area contributed by atoms with Crippen LogP contribution in [0.3, 0.4) is 0 Å². The third-order valence-electron chi connectivity index (χ3n) is 3.93. The van der Waals surface area contributed by atoms with Crippen LogP contribution < -0.4 is 5.32 Å². The second kappa shape index (κ2) is 8.33. The summed E-state index contributed by atoms with van der Waals surface area (Å²) in [5.41, 5.74) is 1.23. The predicted molar refractivity (Wildman–Crippen MR) is 107 cm³/mol. The molecule has 2 heterocycles. The molecular weight excluding hydrogens is 385 g/mol. The van der Waals surface area contributed by atoms with Gasteiger partial charge < -0.3 is 10.4 Å². The third kappa shape index (κ3) is 4.82. The third-order valence-corrected chi connectivity index (χ3v) is 5.81. The van der Waals surface area contributed by atoms with Crippen LogP contribution in [0.25, 0.3) is 21.3 Å². The van der Waals surface area contributed by atoms with Gasteiger partial charge in [-0.05, 0) is 31.5 Å². The number of thiophene rings is 1. The number of amides is 1. The Morgan fingerprint density at radius 2 is 2.04 bits per heavy atom. The molecule has 8 heteroatoms. The molecule has 142 valence electrons. The van der Waals surface area contributed by atoms with Gasteiger partial charge >= 0.3 is 0 Å². The van der Waals surface area contributed by atoms with E-state index in [0.717, 1.165) is 26.4 Å². The van der Waals surface area contributed by atoms with Crippen LogP contribution in [0.2, 0.25) is 0 Å². The molecule has 0 bridgehead atoms. The summed E-state index contributed by atoms with van der Waals surface area (Å²) >= 11 is 3.00. The van der Waals surface area contributed by atoms with Crippen LogP contribution in [-0.2, 0) is 4.79 Å². The van der Waals surface area contributed by atoms with Crippen molar-refractivity contribution in [1.82, 2.24) is 15.3 Å². The van der Waals surface area contributed by atoms with Gasteiger partial charge in [-0.15, -0.1) is 23.1 Å². The first-order valence-electron chi connectivity index (χ1n) is 8.42. The van der Waals surface area contributed by atoms with Gasteiger partial charge in [0.05, 0.1) is 17.5 Å². The van der Waals surface area contributed by atoms with Gasteiger partial charge in [0.1, 0.15) is 22.0 Å². The Kier molecular flexibility index (Phi) is 6.08. The molecule has 2 N–H and O–H groups in total. The molecule has 5 nitrogen and oxygen atoms in total. The Hall–Kier alpha value is -2.03. The summed E-state index contributed by atoms with van der Waals surface area (Å²) < 4.78 is 13.2. The molecule has 0 atom stereocenters. The van der Waals surface area contributed by atoms with E-state index in [1.54, 1.807) is 26.0 Å². The molecule has 0 radical (unpaired) electrons. The first-order valence-corrected chi connectivity index (χ1v) is 10.3. The molecule has 0 aliphatic carbocycles. The minimum absolute atomic E-state index is 0.115. The summed E-state index contributed by atoms with van der Waals surface area (Å²) in [7, 11) is 0. The Balaban J connectivity index is 1.76. The van der Waals surface area contributed by atoms with Crippen LogP contribution in [-0.4, -0.2) is 38.9 Å². The number of benzene rings is 1. The largest absolute Gasteiger partial charge is 0.394 e. The minimum atomic E-state index is -0.632. The van der Waals surface area contributed by atoms with E-state index >= 15 is 0 Å². The summed E-state index contributed by atoms with van der Waals surface area (Å²) in [5.74, 6) is 0.162. The van der Waals surface area contributed by atoms with Gasteiger partial charge in [-0.1, -0.05) is 12.1 Å². The lowest BCUT2D eigenvalue weighted by molar-refractivity contribution is -0.122. The van der Waals surface area contributed by atoms with E-state index in [4.69, 9.17) is 0 Å². The topological polar surface area (TPSA) is 75.1 Å². The van der Waals surface area contributed by atoms with Gasteiger partial charge in [0, 0.05) is 23.1 Å². The SMILES string of the molecule is CC(C)(CO)NC(=O)CCSc1ncnc2scc(-c3ccc(F)cc3)c12. The highest BCUT2D eigenvalue weighted by atomic mass is 32.2. The second-order valence-corrected chi connectivity index (χ2v) is 8.65. The Bertz CT molecular complexity index is 942. The van der Waals surface area contributed by atoms with Gasteiger partial charge in [0.15, 0.2) is 0 Å². The average Bonchev–Trinajstić information content (AvgIpc) is 3.07.